The summed E-state index contributed by atoms with van der Waals surface area (Å²) in [5.74, 6) is 0.491. The fraction of sp³-hybridized carbons (Fsp3) is 0.500. The van der Waals surface area contributed by atoms with Gasteiger partial charge in [-0.05, 0) is 44.4 Å². The maximum absolute atomic E-state index is 13.1. The van der Waals surface area contributed by atoms with Crippen LogP contribution in [0.25, 0.3) is 0 Å². The number of aryl methyl sites for hydroxylation is 2. The van der Waals surface area contributed by atoms with E-state index in [4.69, 9.17) is 4.74 Å². The molecule has 0 aliphatic carbocycles. The Balaban J connectivity index is 1.91. The molecular formula is C16H21N3O3S2. The first-order valence-electron chi connectivity index (χ1n) is 7.86. The Morgan fingerprint density at radius 1 is 1.29 bits per heavy atom. The molecule has 2 aromatic rings. The van der Waals surface area contributed by atoms with Crippen LogP contribution in [0.5, 0.6) is 5.75 Å². The minimum Gasteiger partial charge on any atom is -0.495 e. The van der Waals surface area contributed by atoms with Gasteiger partial charge in [0.2, 0.25) is 10.0 Å². The first kappa shape index (κ1) is 17.3. The van der Waals surface area contributed by atoms with Gasteiger partial charge in [-0.3, -0.25) is 0 Å². The van der Waals surface area contributed by atoms with Crippen LogP contribution in [0.4, 0.5) is 0 Å². The summed E-state index contributed by atoms with van der Waals surface area (Å²) in [6.45, 7) is 4.75. The second-order valence-corrected chi connectivity index (χ2v) is 9.14. The molecule has 1 atom stereocenters. The van der Waals surface area contributed by atoms with Gasteiger partial charge in [-0.1, -0.05) is 6.07 Å². The van der Waals surface area contributed by atoms with Crippen molar-refractivity contribution in [1.82, 2.24) is 14.5 Å². The lowest BCUT2D eigenvalue weighted by atomic mass is 10.0. The van der Waals surface area contributed by atoms with E-state index in [-0.39, 0.29) is 10.8 Å². The molecule has 1 fully saturated rings. The average Bonchev–Trinajstić information content (AvgIpc) is 3.01. The number of sulfonamides is 1. The number of piperidine rings is 1. The van der Waals surface area contributed by atoms with Crippen molar-refractivity contribution >= 4 is 21.4 Å². The standard InChI is InChI=1S/C16H21N3O3S2/c1-11-6-7-14(22-3)15(9-11)24(20,21)19-8-4-5-13(10-19)16-18-17-12(2)23-16/h6-7,9,13H,4-5,8,10H2,1-3H3/t13-/m1/s1. The second-order valence-electron chi connectivity index (χ2n) is 6.02. The molecule has 0 bridgehead atoms. The highest BCUT2D eigenvalue weighted by molar-refractivity contribution is 7.89. The lowest BCUT2D eigenvalue weighted by Gasteiger charge is -2.31. The lowest BCUT2D eigenvalue weighted by molar-refractivity contribution is 0.312. The normalized spacial score (nSPS) is 19.4. The smallest absolute Gasteiger partial charge is 0.246 e. The lowest BCUT2D eigenvalue weighted by Crippen LogP contribution is -2.39. The van der Waals surface area contributed by atoms with Crippen molar-refractivity contribution in [1.29, 1.82) is 0 Å². The molecule has 3 rings (SSSR count). The molecule has 0 amide bonds. The Bertz CT molecular complexity index is 833. The third-order valence-corrected chi connectivity index (χ3v) is 7.10. The van der Waals surface area contributed by atoms with Crippen LogP contribution in [-0.4, -0.2) is 43.1 Å². The van der Waals surface area contributed by atoms with Crippen LogP contribution < -0.4 is 4.74 Å². The van der Waals surface area contributed by atoms with Crippen molar-refractivity contribution < 1.29 is 13.2 Å². The van der Waals surface area contributed by atoms with E-state index in [9.17, 15) is 8.42 Å². The van der Waals surface area contributed by atoms with Crippen molar-refractivity contribution in [2.75, 3.05) is 20.2 Å². The highest BCUT2D eigenvalue weighted by Gasteiger charge is 2.34. The first-order chi connectivity index (χ1) is 11.4. The molecule has 6 nitrogen and oxygen atoms in total. The zero-order chi connectivity index (χ0) is 17.3. The Labute approximate surface area is 146 Å². The quantitative estimate of drug-likeness (QED) is 0.831. The molecule has 1 aliphatic heterocycles. The number of methoxy groups -OCH3 is 1. The molecule has 1 saturated heterocycles. The molecular weight excluding hydrogens is 346 g/mol. The molecule has 0 radical (unpaired) electrons. The van der Waals surface area contributed by atoms with Crippen molar-refractivity contribution in [3.05, 3.63) is 33.8 Å². The van der Waals surface area contributed by atoms with Gasteiger partial charge in [0.25, 0.3) is 0 Å². The minimum atomic E-state index is -3.60. The number of hydrogen-bond acceptors (Lipinski definition) is 6. The van der Waals surface area contributed by atoms with Crippen LogP contribution >= 0.6 is 11.3 Å². The zero-order valence-electron chi connectivity index (χ0n) is 14.0. The molecule has 0 unspecified atom stereocenters. The number of aromatic nitrogens is 2. The third-order valence-electron chi connectivity index (χ3n) is 4.21. The first-order valence-corrected chi connectivity index (χ1v) is 10.1. The van der Waals surface area contributed by atoms with E-state index in [2.05, 4.69) is 10.2 Å². The Morgan fingerprint density at radius 3 is 2.75 bits per heavy atom. The number of ether oxygens (including phenoxy) is 1. The van der Waals surface area contributed by atoms with Crippen LogP contribution in [0.3, 0.4) is 0 Å². The maximum Gasteiger partial charge on any atom is 0.246 e. The SMILES string of the molecule is COc1ccc(C)cc1S(=O)(=O)N1CCC[C@@H](c2nnc(C)s2)C1. The molecule has 1 aromatic heterocycles. The fourth-order valence-electron chi connectivity index (χ4n) is 2.96. The fourth-order valence-corrected chi connectivity index (χ4v) is 5.55. The summed E-state index contributed by atoms with van der Waals surface area (Å²) in [6.07, 6.45) is 1.75. The molecule has 1 aliphatic rings. The molecule has 0 N–H and O–H groups in total. The summed E-state index contributed by atoms with van der Waals surface area (Å²) in [4.78, 5) is 0.235. The number of nitrogens with zero attached hydrogens (tertiary/aromatic N) is 3. The topological polar surface area (TPSA) is 72.4 Å². The predicted molar refractivity (Wildman–Crippen MR) is 93.1 cm³/mol. The molecule has 24 heavy (non-hydrogen) atoms. The monoisotopic (exact) mass is 367 g/mol. The van der Waals surface area contributed by atoms with Crippen LogP contribution in [0.1, 0.15) is 34.3 Å². The van der Waals surface area contributed by atoms with Gasteiger partial charge in [0.1, 0.15) is 20.7 Å². The van der Waals surface area contributed by atoms with Gasteiger partial charge in [0.15, 0.2) is 0 Å². The summed E-state index contributed by atoms with van der Waals surface area (Å²) in [5, 5.41) is 10.1. The molecule has 0 saturated carbocycles. The van der Waals surface area contributed by atoms with E-state index in [1.807, 2.05) is 19.9 Å². The van der Waals surface area contributed by atoms with Crippen molar-refractivity contribution in [2.24, 2.45) is 0 Å². The minimum absolute atomic E-state index is 0.107. The summed E-state index contributed by atoms with van der Waals surface area (Å²) in [7, 11) is -2.10. The van der Waals surface area contributed by atoms with Gasteiger partial charge in [-0.15, -0.1) is 21.5 Å². The molecule has 2 heterocycles. The van der Waals surface area contributed by atoms with Crippen LogP contribution in [0.15, 0.2) is 23.1 Å². The summed E-state index contributed by atoms with van der Waals surface area (Å²) < 4.78 is 33.0. The van der Waals surface area contributed by atoms with E-state index < -0.39 is 10.0 Å². The summed E-state index contributed by atoms with van der Waals surface area (Å²) in [6, 6.07) is 5.23. The third kappa shape index (κ3) is 3.31. The summed E-state index contributed by atoms with van der Waals surface area (Å²) in [5.41, 5.74) is 0.891. The Kier molecular flexibility index (Phi) is 4.89. The van der Waals surface area contributed by atoms with E-state index in [1.165, 1.54) is 7.11 Å². The van der Waals surface area contributed by atoms with Gasteiger partial charge in [0.05, 0.1) is 7.11 Å². The number of rotatable bonds is 4. The average molecular weight is 367 g/mol. The Morgan fingerprint density at radius 2 is 2.08 bits per heavy atom. The van der Waals surface area contributed by atoms with Gasteiger partial charge in [-0.25, -0.2) is 8.42 Å². The highest BCUT2D eigenvalue weighted by Crippen LogP contribution is 2.34. The van der Waals surface area contributed by atoms with E-state index in [0.29, 0.717) is 18.8 Å². The van der Waals surface area contributed by atoms with Gasteiger partial charge in [-0.2, -0.15) is 4.31 Å². The van der Waals surface area contributed by atoms with Crippen LogP contribution in [-0.2, 0) is 10.0 Å². The van der Waals surface area contributed by atoms with E-state index in [1.54, 1.807) is 27.8 Å². The van der Waals surface area contributed by atoms with Gasteiger partial charge in [0, 0.05) is 19.0 Å². The molecule has 0 spiro atoms. The number of benzene rings is 1. The Hall–Kier alpha value is -1.51. The molecule has 1 aromatic carbocycles. The largest absolute Gasteiger partial charge is 0.495 e. The second kappa shape index (κ2) is 6.78. The van der Waals surface area contributed by atoms with E-state index >= 15 is 0 Å². The summed E-state index contributed by atoms with van der Waals surface area (Å²) >= 11 is 1.54. The molecule has 8 heteroatoms. The van der Waals surface area contributed by atoms with Crippen molar-refractivity contribution in [3.8, 4) is 5.75 Å². The zero-order valence-corrected chi connectivity index (χ0v) is 15.7. The maximum atomic E-state index is 13.1. The highest BCUT2D eigenvalue weighted by atomic mass is 32.2. The van der Waals surface area contributed by atoms with Crippen LogP contribution in [0, 0.1) is 13.8 Å². The molecule has 130 valence electrons. The van der Waals surface area contributed by atoms with Crippen LogP contribution in [0.2, 0.25) is 0 Å². The number of hydrogen-bond donors (Lipinski definition) is 0. The van der Waals surface area contributed by atoms with Gasteiger partial charge >= 0.3 is 0 Å². The predicted octanol–water partition coefficient (Wildman–Crippen LogP) is 2.73. The van der Waals surface area contributed by atoms with Gasteiger partial charge < -0.3 is 4.74 Å². The van der Waals surface area contributed by atoms with E-state index in [0.717, 1.165) is 28.4 Å². The van der Waals surface area contributed by atoms with Crippen molar-refractivity contribution in [2.45, 2.75) is 37.5 Å². The van der Waals surface area contributed by atoms with Crippen molar-refractivity contribution in [3.63, 3.8) is 0 Å².